The van der Waals surface area contributed by atoms with E-state index in [2.05, 4.69) is 21.2 Å². The largest absolute Gasteiger partial charge is 0.504 e. The summed E-state index contributed by atoms with van der Waals surface area (Å²) >= 11 is 0. The van der Waals surface area contributed by atoms with Crippen LogP contribution in [0.2, 0.25) is 0 Å². The predicted octanol–water partition coefficient (Wildman–Crippen LogP) is 0.926. The lowest BCUT2D eigenvalue weighted by Crippen LogP contribution is -2.39. The minimum atomic E-state index is -0.425. The van der Waals surface area contributed by atoms with Gasteiger partial charge in [-0.1, -0.05) is 0 Å². The fourth-order valence-corrected chi connectivity index (χ4v) is 2.10. The van der Waals surface area contributed by atoms with E-state index in [1.54, 1.807) is 18.4 Å². The standard InChI is InChI=1S/C13H14N4O3/c18-10-3-1-5-14-12(10)15-13(19)9-7-8(16-17-9)11-4-2-6-20-11/h1-6,8-9,16-18H,7H2,(H,14,15,19). The lowest BCUT2D eigenvalue weighted by molar-refractivity contribution is -0.117. The van der Waals surface area contributed by atoms with E-state index < -0.39 is 6.04 Å². The number of rotatable bonds is 3. The molecule has 2 aromatic heterocycles. The van der Waals surface area contributed by atoms with Crippen LogP contribution in [0.15, 0.2) is 41.1 Å². The van der Waals surface area contributed by atoms with Crippen LogP contribution in [0.3, 0.4) is 0 Å². The minimum Gasteiger partial charge on any atom is -0.504 e. The first-order valence-corrected chi connectivity index (χ1v) is 6.23. The van der Waals surface area contributed by atoms with Crippen molar-refractivity contribution in [1.29, 1.82) is 0 Å². The average molecular weight is 274 g/mol. The summed E-state index contributed by atoms with van der Waals surface area (Å²) in [6.45, 7) is 0. The van der Waals surface area contributed by atoms with E-state index in [1.165, 1.54) is 12.3 Å². The minimum absolute atomic E-state index is 0.0573. The first-order valence-electron chi connectivity index (χ1n) is 6.23. The normalized spacial score (nSPS) is 21.8. The Morgan fingerprint density at radius 2 is 2.30 bits per heavy atom. The molecule has 1 fully saturated rings. The molecule has 1 saturated heterocycles. The Morgan fingerprint density at radius 3 is 3.05 bits per heavy atom. The third-order valence-corrected chi connectivity index (χ3v) is 3.13. The van der Waals surface area contributed by atoms with Crippen molar-refractivity contribution in [1.82, 2.24) is 15.8 Å². The summed E-state index contributed by atoms with van der Waals surface area (Å²) in [5.74, 6) is 0.601. The van der Waals surface area contributed by atoms with Gasteiger partial charge in [-0.2, -0.15) is 0 Å². The fourth-order valence-electron chi connectivity index (χ4n) is 2.10. The zero-order chi connectivity index (χ0) is 13.9. The Bertz CT molecular complexity index is 599. The molecule has 2 aromatic rings. The number of carbonyl (C=O) groups excluding carboxylic acids is 1. The van der Waals surface area contributed by atoms with Crippen molar-refractivity contribution in [3.05, 3.63) is 42.5 Å². The molecule has 0 aromatic carbocycles. The summed E-state index contributed by atoms with van der Waals surface area (Å²) in [7, 11) is 0. The molecule has 0 aliphatic carbocycles. The second-order valence-electron chi connectivity index (χ2n) is 4.51. The Kier molecular flexibility index (Phi) is 3.36. The van der Waals surface area contributed by atoms with Gasteiger partial charge in [-0.25, -0.2) is 15.8 Å². The van der Waals surface area contributed by atoms with Gasteiger partial charge < -0.3 is 14.8 Å². The van der Waals surface area contributed by atoms with Gasteiger partial charge in [0.2, 0.25) is 5.91 Å². The molecule has 7 heteroatoms. The Hall–Kier alpha value is -2.38. The van der Waals surface area contributed by atoms with Crippen LogP contribution in [0, 0.1) is 0 Å². The van der Waals surface area contributed by atoms with Gasteiger partial charge in [0.15, 0.2) is 11.6 Å². The maximum absolute atomic E-state index is 12.1. The molecule has 1 amide bonds. The highest BCUT2D eigenvalue weighted by Gasteiger charge is 2.31. The number of aromatic nitrogens is 1. The Balaban J connectivity index is 1.63. The number of amides is 1. The molecule has 0 bridgehead atoms. The summed E-state index contributed by atoms with van der Waals surface area (Å²) in [4.78, 5) is 16.0. The van der Waals surface area contributed by atoms with Crippen LogP contribution >= 0.6 is 0 Å². The van der Waals surface area contributed by atoms with Gasteiger partial charge in [0, 0.05) is 6.20 Å². The molecular weight excluding hydrogens is 260 g/mol. The first-order chi connectivity index (χ1) is 9.74. The zero-order valence-corrected chi connectivity index (χ0v) is 10.5. The summed E-state index contributed by atoms with van der Waals surface area (Å²) in [6, 6.07) is 6.23. The van der Waals surface area contributed by atoms with Crippen LogP contribution in [0.5, 0.6) is 5.75 Å². The number of hydrazine groups is 1. The topological polar surface area (TPSA) is 99.4 Å². The monoisotopic (exact) mass is 274 g/mol. The number of furan rings is 1. The van der Waals surface area contributed by atoms with E-state index >= 15 is 0 Å². The molecule has 2 unspecified atom stereocenters. The van der Waals surface area contributed by atoms with Crippen molar-refractivity contribution in [2.24, 2.45) is 0 Å². The quantitative estimate of drug-likeness (QED) is 0.664. The van der Waals surface area contributed by atoms with Gasteiger partial charge in [-0.15, -0.1) is 0 Å². The maximum atomic E-state index is 12.1. The third-order valence-electron chi connectivity index (χ3n) is 3.13. The Labute approximate surface area is 115 Å². The molecule has 0 spiro atoms. The summed E-state index contributed by atoms with van der Waals surface area (Å²) in [5.41, 5.74) is 5.91. The molecule has 7 nitrogen and oxygen atoms in total. The van der Waals surface area contributed by atoms with Crippen LogP contribution in [0.25, 0.3) is 0 Å². The molecule has 3 rings (SSSR count). The average Bonchev–Trinajstić information content (AvgIpc) is 3.11. The summed E-state index contributed by atoms with van der Waals surface area (Å²) in [5, 5.41) is 12.2. The van der Waals surface area contributed by atoms with Gasteiger partial charge in [0.1, 0.15) is 11.8 Å². The number of nitrogens with one attached hydrogen (secondary N) is 3. The van der Waals surface area contributed by atoms with Gasteiger partial charge in [-0.3, -0.25) is 4.79 Å². The van der Waals surface area contributed by atoms with Crippen molar-refractivity contribution in [2.75, 3.05) is 5.32 Å². The lowest BCUT2D eigenvalue weighted by atomic mass is 10.1. The van der Waals surface area contributed by atoms with Crippen molar-refractivity contribution >= 4 is 11.7 Å². The smallest absolute Gasteiger partial charge is 0.244 e. The van der Waals surface area contributed by atoms with E-state index in [1.807, 2.05) is 6.07 Å². The molecule has 1 aliphatic rings. The predicted molar refractivity (Wildman–Crippen MR) is 70.7 cm³/mol. The van der Waals surface area contributed by atoms with Crippen molar-refractivity contribution in [3.63, 3.8) is 0 Å². The maximum Gasteiger partial charge on any atom is 0.244 e. The van der Waals surface area contributed by atoms with E-state index in [-0.39, 0.29) is 23.5 Å². The molecule has 0 saturated carbocycles. The number of pyridine rings is 1. The van der Waals surface area contributed by atoms with Crippen molar-refractivity contribution in [3.8, 4) is 5.75 Å². The molecule has 2 atom stereocenters. The highest BCUT2D eigenvalue weighted by molar-refractivity contribution is 5.95. The zero-order valence-electron chi connectivity index (χ0n) is 10.5. The van der Waals surface area contributed by atoms with Crippen molar-refractivity contribution in [2.45, 2.75) is 18.5 Å². The van der Waals surface area contributed by atoms with Crippen LogP contribution in [-0.4, -0.2) is 22.0 Å². The molecule has 0 radical (unpaired) electrons. The fraction of sp³-hybridized carbons (Fsp3) is 0.231. The van der Waals surface area contributed by atoms with E-state index in [0.717, 1.165) is 5.76 Å². The SMILES string of the molecule is O=C(Nc1ncccc1O)C1CC(c2ccco2)NN1. The number of anilines is 1. The molecule has 1 aliphatic heterocycles. The summed E-state index contributed by atoms with van der Waals surface area (Å²) < 4.78 is 5.30. The van der Waals surface area contributed by atoms with Gasteiger partial charge in [-0.05, 0) is 30.7 Å². The highest BCUT2D eigenvalue weighted by atomic mass is 16.3. The third kappa shape index (κ3) is 2.49. The second kappa shape index (κ2) is 5.32. The van der Waals surface area contributed by atoms with E-state index in [4.69, 9.17) is 4.42 Å². The van der Waals surface area contributed by atoms with Crippen LogP contribution in [-0.2, 0) is 4.79 Å². The van der Waals surface area contributed by atoms with Gasteiger partial charge in [0.25, 0.3) is 0 Å². The van der Waals surface area contributed by atoms with Gasteiger partial charge >= 0.3 is 0 Å². The molecular formula is C13H14N4O3. The first kappa shape index (κ1) is 12.6. The Morgan fingerprint density at radius 1 is 1.40 bits per heavy atom. The van der Waals surface area contributed by atoms with Crippen LogP contribution in [0.4, 0.5) is 5.82 Å². The molecule has 20 heavy (non-hydrogen) atoms. The van der Waals surface area contributed by atoms with E-state index in [0.29, 0.717) is 6.42 Å². The van der Waals surface area contributed by atoms with Gasteiger partial charge in [0.05, 0.1) is 12.3 Å². The van der Waals surface area contributed by atoms with Crippen molar-refractivity contribution < 1.29 is 14.3 Å². The molecule has 3 heterocycles. The summed E-state index contributed by atoms with van der Waals surface area (Å²) in [6.07, 6.45) is 3.64. The number of aromatic hydroxyl groups is 1. The molecule has 4 N–H and O–H groups in total. The number of nitrogens with zero attached hydrogens (tertiary/aromatic N) is 1. The molecule has 104 valence electrons. The number of carbonyl (C=O) groups is 1. The van der Waals surface area contributed by atoms with Crippen LogP contribution < -0.4 is 16.2 Å². The second-order valence-corrected chi connectivity index (χ2v) is 4.51. The lowest BCUT2D eigenvalue weighted by Gasteiger charge is -2.10. The number of hydrogen-bond donors (Lipinski definition) is 4. The van der Waals surface area contributed by atoms with E-state index in [9.17, 15) is 9.90 Å². The van der Waals surface area contributed by atoms with Crippen LogP contribution in [0.1, 0.15) is 18.2 Å². The number of hydrogen-bond acceptors (Lipinski definition) is 6. The highest BCUT2D eigenvalue weighted by Crippen LogP contribution is 2.24.